The van der Waals surface area contributed by atoms with Gasteiger partial charge in [-0.05, 0) is 12.1 Å². The molecule has 5 heteroatoms. The Balaban J connectivity index is 1.49. The molecule has 0 unspecified atom stereocenters. The zero-order chi connectivity index (χ0) is 13.1. The Labute approximate surface area is 114 Å². The van der Waals surface area contributed by atoms with Crippen molar-refractivity contribution in [2.24, 2.45) is 0 Å². The van der Waals surface area contributed by atoms with E-state index < -0.39 is 0 Å². The zero-order valence-corrected chi connectivity index (χ0v) is 11.2. The van der Waals surface area contributed by atoms with E-state index in [-0.39, 0.29) is 6.10 Å². The molecular formula is C14H22N4O. The summed E-state index contributed by atoms with van der Waals surface area (Å²) in [5, 5.41) is 13.2. The standard InChI is InChI=1S/C14H22N4O/c19-14-10-15-9-13(14)18-7-5-17(6-8-18)11-12-3-1-2-4-16-12/h1-4,13-15,19H,5-11H2/t13-,14-/m0/s1. The summed E-state index contributed by atoms with van der Waals surface area (Å²) in [6.45, 7) is 6.77. The molecule has 1 aromatic heterocycles. The maximum absolute atomic E-state index is 9.91. The number of hydrogen-bond acceptors (Lipinski definition) is 5. The fourth-order valence-electron chi connectivity index (χ4n) is 3.00. The first kappa shape index (κ1) is 13.0. The molecule has 19 heavy (non-hydrogen) atoms. The molecule has 2 aliphatic heterocycles. The van der Waals surface area contributed by atoms with Gasteiger partial charge in [0.15, 0.2) is 0 Å². The number of β-amino-alcohol motifs (C(OH)–C–C–N with tert-alkyl or cyclic N) is 1. The van der Waals surface area contributed by atoms with Crippen LogP contribution < -0.4 is 5.32 Å². The van der Waals surface area contributed by atoms with Crippen LogP contribution in [0.1, 0.15) is 5.69 Å². The Morgan fingerprint density at radius 3 is 2.68 bits per heavy atom. The van der Waals surface area contributed by atoms with Gasteiger partial charge in [-0.2, -0.15) is 0 Å². The van der Waals surface area contributed by atoms with Crippen LogP contribution >= 0.6 is 0 Å². The van der Waals surface area contributed by atoms with Crippen LogP contribution in [0, 0.1) is 0 Å². The topological polar surface area (TPSA) is 51.6 Å². The molecule has 0 saturated carbocycles. The summed E-state index contributed by atoms with van der Waals surface area (Å²) in [4.78, 5) is 9.23. The van der Waals surface area contributed by atoms with Crippen LogP contribution in [-0.4, -0.2) is 71.3 Å². The third-order valence-electron chi connectivity index (χ3n) is 4.14. The lowest BCUT2D eigenvalue weighted by molar-refractivity contribution is 0.0420. The van der Waals surface area contributed by atoms with Gasteiger partial charge in [0.2, 0.25) is 0 Å². The molecular weight excluding hydrogens is 240 g/mol. The molecule has 2 aliphatic rings. The van der Waals surface area contributed by atoms with Gasteiger partial charge >= 0.3 is 0 Å². The summed E-state index contributed by atoms with van der Waals surface area (Å²) < 4.78 is 0. The smallest absolute Gasteiger partial charge is 0.0831 e. The molecule has 2 N–H and O–H groups in total. The molecule has 0 aliphatic carbocycles. The highest BCUT2D eigenvalue weighted by Gasteiger charge is 2.32. The van der Waals surface area contributed by atoms with E-state index >= 15 is 0 Å². The summed E-state index contributed by atoms with van der Waals surface area (Å²) in [7, 11) is 0. The number of hydrogen-bond donors (Lipinski definition) is 2. The monoisotopic (exact) mass is 262 g/mol. The predicted molar refractivity (Wildman–Crippen MR) is 73.8 cm³/mol. The molecule has 3 heterocycles. The number of aromatic nitrogens is 1. The first-order valence-corrected chi connectivity index (χ1v) is 7.08. The minimum Gasteiger partial charge on any atom is -0.390 e. The quantitative estimate of drug-likeness (QED) is 0.771. The summed E-state index contributed by atoms with van der Waals surface area (Å²) in [6, 6.07) is 6.38. The minimum absolute atomic E-state index is 0.206. The zero-order valence-electron chi connectivity index (χ0n) is 11.2. The van der Waals surface area contributed by atoms with Gasteiger partial charge < -0.3 is 10.4 Å². The fraction of sp³-hybridized carbons (Fsp3) is 0.643. The van der Waals surface area contributed by atoms with E-state index in [2.05, 4.69) is 26.2 Å². The van der Waals surface area contributed by atoms with Crippen LogP contribution in [0.25, 0.3) is 0 Å². The van der Waals surface area contributed by atoms with Crippen LogP contribution in [-0.2, 0) is 6.54 Å². The molecule has 0 radical (unpaired) electrons. The number of rotatable bonds is 3. The van der Waals surface area contributed by atoms with Crippen molar-refractivity contribution in [3.63, 3.8) is 0 Å². The molecule has 0 bridgehead atoms. The van der Waals surface area contributed by atoms with Gasteiger partial charge in [0.25, 0.3) is 0 Å². The number of nitrogens with zero attached hydrogens (tertiary/aromatic N) is 3. The van der Waals surface area contributed by atoms with Gasteiger partial charge in [0, 0.05) is 58.1 Å². The van der Waals surface area contributed by atoms with E-state index in [1.807, 2.05) is 18.3 Å². The van der Waals surface area contributed by atoms with Gasteiger partial charge in [-0.15, -0.1) is 0 Å². The van der Waals surface area contributed by atoms with Crippen molar-refractivity contribution in [1.82, 2.24) is 20.1 Å². The molecule has 2 fully saturated rings. The van der Waals surface area contributed by atoms with Crippen molar-refractivity contribution in [2.45, 2.75) is 18.7 Å². The van der Waals surface area contributed by atoms with Crippen molar-refractivity contribution in [3.8, 4) is 0 Å². The first-order valence-electron chi connectivity index (χ1n) is 7.08. The van der Waals surface area contributed by atoms with Crippen LogP contribution in [0.15, 0.2) is 24.4 Å². The average molecular weight is 262 g/mol. The second kappa shape index (κ2) is 5.96. The maximum atomic E-state index is 9.91. The Hall–Kier alpha value is -1.01. The van der Waals surface area contributed by atoms with E-state index in [1.54, 1.807) is 0 Å². The highest BCUT2D eigenvalue weighted by Crippen LogP contribution is 2.13. The van der Waals surface area contributed by atoms with Gasteiger partial charge in [0.1, 0.15) is 0 Å². The highest BCUT2D eigenvalue weighted by atomic mass is 16.3. The molecule has 5 nitrogen and oxygen atoms in total. The summed E-state index contributed by atoms with van der Waals surface area (Å²) in [6.07, 6.45) is 1.65. The van der Waals surface area contributed by atoms with Crippen molar-refractivity contribution >= 4 is 0 Å². The van der Waals surface area contributed by atoms with E-state index in [4.69, 9.17) is 0 Å². The minimum atomic E-state index is -0.206. The van der Waals surface area contributed by atoms with E-state index in [0.29, 0.717) is 6.04 Å². The number of aliphatic hydroxyl groups excluding tert-OH is 1. The average Bonchev–Trinajstić information content (AvgIpc) is 2.87. The number of aliphatic hydroxyl groups is 1. The highest BCUT2D eigenvalue weighted by molar-refractivity contribution is 5.03. The second-order valence-corrected chi connectivity index (χ2v) is 5.43. The Morgan fingerprint density at radius 2 is 2.05 bits per heavy atom. The molecule has 0 aromatic carbocycles. The molecule has 2 saturated heterocycles. The second-order valence-electron chi connectivity index (χ2n) is 5.43. The SMILES string of the molecule is O[C@H]1CNC[C@@H]1N1CCN(Cc2ccccn2)CC1. The fourth-order valence-corrected chi connectivity index (χ4v) is 3.00. The van der Waals surface area contributed by atoms with Crippen molar-refractivity contribution < 1.29 is 5.11 Å². The van der Waals surface area contributed by atoms with Crippen LogP contribution in [0.5, 0.6) is 0 Å². The molecule has 0 spiro atoms. The van der Waals surface area contributed by atoms with Gasteiger partial charge in [-0.1, -0.05) is 6.07 Å². The Morgan fingerprint density at radius 1 is 1.21 bits per heavy atom. The summed E-state index contributed by atoms with van der Waals surface area (Å²) in [5.74, 6) is 0. The Kier molecular flexibility index (Phi) is 4.08. The normalized spacial score (nSPS) is 29.7. The van der Waals surface area contributed by atoms with E-state index in [9.17, 15) is 5.11 Å². The van der Waals surface area contributed by atoms with Crippen LogP contribution in [0.4, 0.5) is 0 Å². The van der Waals surface area contributed by atoms with Gasteiger partial charge in [-0.25, -0.2) is 0 Å². The van der Waals surface area contributed by atoms with Crippen molar-refractivity contribution in [3.05, 3.63) is 30.1 Å². The number of pyridine rings is 1. The van der Waals surface area contributed by atoms with Crippen molar-refractivity contribution in [1.29, 1.82) is 0 Å². The third kappa shape index (κ3) is 3.12. The molecule has 0 amide bonds. The lowest BCUT2D eigenvalue weighted by Crippen LogP contribution is -2.53. The summed E-state index contributed by atoms with van der Waals surface area (Å²) >= 11 is 0. The van der Waals surface area contributed by atoms with Crippen LogP contribution in [0.3, 0.4) is 0 Å². The molecule has 1 aromatic rings. The molecule has 2 atom stereocenters. The predicted octanol–water partition coefficient (Wildman–Crippen LogP) is -0.468. The molecule has 104 valence electrons. The first-order chi connectivity index (χ1) is 9.33. The van der Waals surface area contributed by atoms with Crippen LogP contribution in [0.2, 0.25) is 0 Å². The lowest BCUT2D eigenvalue weighted by atomic mass is 10.1. The number of nitrogens with one attached hydrogen (secondary N) is 1. The van der Waals surface area contributed by atoms with E-state index in [0.717, 1.165) is 51.5 Å². The van der Waals surface area contributed by atoms with Crippen molar-refractivity contribution in [2.75, 3.05) is 39.3 Å². The van der Waals surface area contributed by atoms with Gasteiger partial charge in [0.05, 0.1) is 11.8 Å². The summed E-state index contributed by atoms with van der Waals surface area (Å²) in [5.41, 5.74) is 1.14. The maximum Gasteiger partial charge on any atom is 0.0831 e. The largest absolute Gasteiger partial charge is 0.390 e. The lowest BCUT2D eigenvalue weighted by Gasteiger charge is -2.38. The third-order valence-corrected chi connectivity index (χ3v) is 4.14. The molecule has 3 rings (SSSR count). The Bertz CT molecular complexity index is 392. The van der Waals surface area contributed by atoms with Gasteiger partial charge in [-0.3, -0.25) is 14.8 Å². The van der Waals surface area contributed by atoms with E-state index in [1.165, 1.54) is 0 Å². The number of piperazine rings is 1.